The van der Waals surface area contributed by atoms with Gasteiger partial charge in [0.25, 0.3) is 5.22 Å². The number of carbonyl (C=O) groups is 1. The Bertz CT molecular complexity index is 667. The number of nitrogens with zero attached hydrogens (tertiary/aromatic N) is 3. The van der Waals surface area contributed by atoms with Gasteiger partial charge in [0.2, 0.25) is 5.89 Å². The van der Waals surface area contributed by atoms with Crippen LogP contribution < -0.4 is 4.90 Å². The van der Waals surface area contributed by atoms with E-state index in [9.17, 15) is 4.79 Å². The van der Waals surface area contributed by atoms with Gasteiger partial charge >= 0.3 is 5.97 Å². The Morgan fingerprint density at radius 1 is 1.22 bits per heavy atom. The topological polar surface area (TPSA) is 68.5 Å². The van der Waals surface area contributed by atoms with Gasteiger partial charge in [-0.2, -0.15) is 0 Å². The minimum atomic E-state index is -0.242. The lowest BCUT2D eigenvalue weighted by molar-refractivity contribution is -0.137. The van der Waals surface area contributed by atoms with Crippen molar-refractivity contribution in [2.45, 2.75) is 30.7 Å². The molecule has 1 saturated heterocycles. The van der Waals surface area contributed by atoms with Crippen LogP contribution in [0.3, 0.4) is 0 Å². The Morgan fingerprint density at radius 2 is 1.96 bits per heavy atom. The van der Waals surface area contributed by atoms with E-state index < -0.39 is 0 Å². The van der Waals surface area contributed by atoms with Gasteiger partial charge in [-0.25, -0.2) is 0 Å². The van der Waals surface area contributed by atoms with E-state index in [1.165, 1.54) is 17.4 Å². The molecule has 1 fully saturated rings. The summed E-state index contributed by atoms with van der Waals surface area (Å²) in [7, 11) is 0. The molecular weight excluding hydrogens is 314 g/mol. The summed E-state index contributed by atoms with van der Waals surface area (Å²) in [6.45, 7) is 6.66. The molecule has 3 rings (SSSR count). The van der Waals surface area contributed by atoms with Crippen LogP contribution in [0.25, 0.3) is 11.5 Å². The third-order valence-electron chi connectivity index (χ3n) is 3.78. The molecule has 0 amide bonds. The maximum absolute atomic E-state index is 11.5. The highest BCUT2D eigenvalue weighted by atomic mass is 32.2. The maximum Gasteiger partial charge on any atom is 0.319 e. The molecule has 1 aliphatic heterocycles. The van der Waals surface area contributed by atoms with Gasteiger partial charge < -0.3 is 14.1 Å². The largest absolute Gasteiger partial charge is 0.465 e. The summed E-state index contributed by atoms with van der Waals surface area (Å²) >= 11 is 1.27. The normalized spacial score (nSPS) is 17.3. The SMILES string of the molecule is CCN(CC)c1ccc(-c2nnc(S[C@@H]3CCOC3=O)o2)cc1. The first-order chi connectivity index (χ1) is 11.2. The average Bonchev–Trinajstić information content (AvgIpc) is 3.20. The number of hydrogen-bond acceptors (Lipinski definition) is 7. The molecule has 0 unspecified atom stereocenters. The third kappa shape index (κ3) is 3.50. The van der Waals surface area contributed by atoms with Gasteiger partial charge in [-0.15, -0.1) is 10.2 Å². The highest BCUT2D eigenvalue weighted by Crippen LogP contribution is 2.31. The van der Waals surface area contributed by atoms with Crippen molar-refractivity contribution in [1.82, 2.24) is 10.2 Å². The molecule has 2 aromatic rings. The van der Waals surface area contributed by atoms with Gasteiger partial charge in [0.1, 0.15) is 5.25 Å². The Balaban J connectivity index is 1.71. The van der Waals surface area contributed by atoms with Crippen molar-refractivity contribution in [3.8, 4) is 11.5 Å². The molecule has 0 bridgehead atoms. The van der Waals surface area contributed by atoms with Gasteiger partial charge in [-0.1, -0.05) is 0 Å². The van der Waals surface area contributed by atoms with Crippen molar-refractivity contribution in [1.29, 1.82) is 0 Å². The fraction of sp³-hybridized carbons (Fsp3) is 0.438. The van der Waals surface area contributed by atoms with Gasteiger partial charge in [0.05, 0.1) is 6.61 Å². The van der Waals surface area contributed by atoms with Crippen molar-refractivity contribution in [2.24, 2.45) is 0 Å². The smallest absolute Gasteiger partial charge is 0.319 e. The second kappa shape index (κ2) is 7.04. The van der Waals surface area contributed by atoms with E-state index in [1.807, 2.05) is 24.3 Å². The molecule has 0 saturated carbocycles. The van der Waals surface area contributed by atoms with E-state index in [0.29, 0.717) is 24.1 Å². The van der Waals surface area contributed by atoms with Crippen LogP contribution in [0.1, 0.15) is 20.3 Å². The summed E-state index contributed by atoms with van der Waals surface area (Å²) in [6.07, 6.45) is 0.680. The summed E-state index contributed by atoms with van der Waals surface area (Å²) in [5.41, 5.74) is 2.04. The molecule has 2 heterocycles. The second-order valence-electron chi connectivity index (χ2n) is 5.15. The molecule has 0 aliphatic carbocycles. The zero-order valence-electron chi connectivity index (χ0n) is 13.2. The quantitative estimate of drug-likeness (QED) is 0.753. The molecule has 1 aromatic heterocycles. The number of esters is 1. The number of aromatic nitrogens is 2. The van der Waals surface area contributed by atoms with Gasteiger partial charge in [0.15, 0.2) is 0 Å². The highest BCUT2D eigenvalue weighted by molar-refractivity contribution is 8.00. The van der Waals surface area contributed by atoms with Crippen LogP contribution in [0.2, 0.25) is 0 Å². The van der Waals surface area contributed by atoms with E-state index in [-0.39, 0.29) is 11.2 Å². The summed E-state index contributed by atoms with van der Waals surface area (Å²) in [6, 6.07) is 8.04. The molecule has 1 atom stereocenters. The summed E-state index contributed by atoms with van der Waals surface area (Å²) < 4.78 is 10.6. The number of anilines is 1. The highest BCUT2D eigenvalue weighted by Gasteiger charge is 2.29. The summed E-state index contributed by atoms with van der Waals surface area (Å²) in [5, 5.41) is 8.23. The van der Waals surface area contributed by atoms with Crippen LogP contribution in [0.4, 0.5) is 5.69 Å². The Hall–Kier alpha value is -2.02. The number of benzene rings is 1. The molecule has 1 aromatic carbocycles. The number of rotatable bonds is 6. The van der Waals surface area contributed by atoms with E-state index in [2.05, 4.69) is 28.9 Å². The molecule has 6 nitrogen and oxygen atoms in total. The standard InChI is InChI=1S/C16H19N3O3S/c1-3-19(4-2)12-7-5-11(6-8-12)14-17-18-16(22-14)23-13-9-10-21-15(13)20/h5-8,13H,3-4,9-10H2,1-2H3/t13-/m1/s1. The fourth-order valence-electron chi connectivity index (χ4n) is 2.48. The zero-order valence-corrected chi connectivity index (χ0v) is 14.0. The van der Waals surface area contributed by atoms with E-state index in [1.54, 1.807) is 0 Å². The Morgan fingerprint density at radius 3 is 2.57 bits per heavy atom. The lowest BCUT2D eigenvalue weighted by Crippen LogP contribution is -2.21. The van der Waals surface area contributed by atoms with Gasteiger partial charge in [0, 0.05) is 30.8 Å². The summed E-state index contributed by atoms with van der Waals surface area (Å²) in [5.74, 6) is 0.253. The molecule has 0 radical (unpaired) electrons. The first-order valence-electron chi connectivity index (χ1n) is 7.73. The first kappa shape index (κ1) is 15.9. The minimum Gasteiger partial charge on any atom is -0.465 e. The molecule has 1 aliphatic rings. The first-order valence-corrected chi connectivity index (χ1v) is 8.61. The van der Waals surface area contributed by atoms with Crippen LogP contribution >= 0.6 is 11.8 Å². The van der Waals surface area contributed by atoms with Crippen molar-refractivity contribution >= 4 is 23.4 Å². The number of hydrogen-bond donors (Lipinski definition) is 0. The van der Waals surface area contributed by atoms with Crippen LogP contribution in [0.5, 0.6) is 0 Å². The van der Waals surface area contributed by atoms with Gasteiger partial charge in [-0.3, -0.25) is 4.79 Å². The number of carbonyl (C=O) groups excluding carboxylic acids is 1. The number of ether oxygens (including phenoxy) is 1. The lowest BCUT2D eigenvalue weighted by Gasteiger charge is -2.20. The third-order valence-corrected chi connectivity index (χ3v) is 4.86. The maximum atomic E-state index is 11.5. The monoisotopic (exact) mass is 333 g/mol. The molecule has 0 N–H and O–H groups in total. The lowest BCUT2D eigenvalue weighted by atomic mass is 10.2. The van der Waals surface area contributed by atoms with E-state index in [0.717, 1.165) is 18.7 Å². The van der Waals surface area contributed by atoms with Crippen LogP contribution in [0.15, 0.2) is 33.9 Å². The van der Waals surface area contributed by atoms with Crippen LogP contribution in [-0.4, -0.2) is 41.1 Å². The van der Waals surface area contributed by atoms with Gasteiger partial charge in [-0.05, 0) is 49.9 Å². The van der Waals surface area contributed by atoms with E-state index >= 15 is 0 Å². The molecule has 23 heavy (non-hydrogen) atoms. The predicted molar refractivity (Wildman–Crippen MR) is 88.5 cm³/mol. The molecular formula is C16H19N3O3S. The van der Waals surface area contributed by atoms with Crippen LogP contribution in [0, 0.1) is 0 Å². The van der Waals surface area contributed by atoms with Crippen molar-refractivity contribution < 1.29 is 13.9 Å². The predicted octanol–water partition coefficient (Wildman–Crippen LogP) is 2.99. The molecule has 7 heteroatoms. The van der Waals surface area contributed by atoms with Crippen molar-refractivity contribution in [3.05, 3.63) is 24.3 Å². The fourth-order valence-corrected chi connectivity index (χ4v) is 3.32. The van der Waals surface area contributed by atoms with Crippen molar-refractivity contribution in [2.75, 3.05) is 24.6 Å². The molecule has 122 valence electrons. The van der Waals surface area contributed by atoms with Crippen LogP contribution in [-0.2, 0) is 9.53 Å². The summed E-state index contributed by atoms with van der Waals surface area (Å²) in [4.78, 5) is 13.7. The van der Waals surface area contributed by atoms with Crippen molar-refractivity contribution in [3.63, 3.8) is 0 Å². The van der Waals surface area contributed by atoms with E-state index in [4.69, 9.17) is 9.15 Å². The molecule has 0 spiro atoms. The Kier molecular flexibility index (Phi) is 4.85. The zero-order chi connectivity index (χ0) is 16.2. The Labute approximate surface area is 139 Å². The average molecular weight is 333 g/mol. The minimum absolute atomic E-state index is 0.210. The number of cyclic esters (lactones) is 1. The number of thioether (sulfide) groups is 1. The second-order valence-corrected chi connectivity index (χ2v) is 6.31.